The highest BCUT2D eigenvalue weighted by molar-refractivity contribution is 7.90. The lowest BCUT2D eigenvalue weighted by Gasteiger charge is -2.12. The van der Waals surface area contributed by atoms with Crippen molar-refractivity contribution < 1.29 is 54.4 Å². The molecule has 0 aliphatic rings. The molecule has 0 aliphatic carbocycles. The van der Waals surface area contributed by atoms with Crippen LogP contribution in [0.15, 0.2) is 70.5 Å². The van der Waals surface area contributed by atoms with Crippen LogP contribution in [0.25, 0.3) is 22.1 Å². The number of carbonyl (C=O) groups is 2. The molecule has 0 radical (unpaired) electrons. The monoisotopic (exact) mass is 916 g/mol. The average Bonchev–Trinajstić information content (AvgIpc) is 3.20. The number of benzene rings is 2. The van der Waals surface area contributed by atoms with Crippen LogP contribution in [0.5, 0.6) is 0 Å². The summed E-state index contributed by atoms with van der Waals surface area (Å²) in [6.45, 7) is 0. The van der Waals surface area contributed by atoms with Crippen molar-refractivity contribution in [2.45, 2.75) is 44.9 Å². The zero-order valence-electron chi connectivity index (χ0n) is 33.6. The number of aryl methyl sites for hydroxylation is 4. The molecule has 0 amide bonds. The van der Waals surface area contributed by atoms with E-state index in [0.717, 1.165) is 24.6 Å². The highest BCUT2D eigenvalue weighted by atomic mass is 32.2. The van der Waals surface area contributed by atoms with Gasteiger partial charge < -0.3 is 21.9 Å². The number of pyridine rings is 4. The van der Waals surface area contributed by atoms with Gasteiger partial charge in [0.05, 0.1) is 22.9 Å². The second kappa shape index (κ2) is 19.2. The van der Waals surface area contributed by atoms with E-state index in [-0.39, 0.29) is 97.6 Å². The van der Waals surface area contributed by atoms with Crippen molar-refractivity contribution in [1.29, 1.82) is 0 Å². The Labute approximate surface area is 356 Å². The van der Waals surface area contributed by atoms with Gasteiger partial charge in [0.2, 0.25) is 0 Å². The van der Waals surface area contributed by atoms with E-state index < -0.39 is 76.8 Å². The zero-order valence-corrected chi connectivity index (χ0v) is 35.2. The number of fused-ring (bicyclic) bond motifs is 2. The first-order chi connectivity index (χ1) is 29.5. The molecule has 0 bridgehead atoms. The Bertz CT molecular complexity index is 3140. The minimum atomic E-state index is -3.23. The largest absolute Gasteiger partial charge is 0.423 e. The summed E-state index contributed by atoms with van der Waals surface area (Å²) in [4.78, 5) is 58.4. The fraction of sp³-hybridized carbons (Fsp3) is 0.268. The first kappa shape index (κ1) is 47.4. The number of hydrogen-bond acceptors (Lipinski definition) is 14. The van der Waals surface area contributed by atoms with E-state index >= 15 is 0 Å². The second-order valence-corrected chi connectivity index (χ2v) is 19.2. The average molecular weight is 917 g/mol. The number of halogens is 4. The molecule has 6 N–H and O–H groups in total. The van der Waals surface area contributed by atoms with Crippen LogP contribution < -0.4 is 22.6 Å². The summed E-state index contributed by atoms with van der Waals surface area (Å²) in [7, 11) is -6.37. The van der Waals surface area contributed by atoms with Gasteiger partial charge in [0.1, 0.15) is 54.1 Å². The normalized spacial score (nSPS) is 11.7. The Morgan fingerprint density at radius 3 is 1.40 bits per heavy atom. The fourth-order valence-corrected chi connectivity index (χ4v) is 7.76. The quantitative estimate of drug-likeness (QED) is 0.0640. The molecule has 4 heterocycles. The van der Waals surface area contributed by atoms with Crippen molar-refractivity contribution in [3.05, 3.63) is 138 Å². The number of sulfone groups is 2. The van der Waals surface area contributed by atoms with E-state index in [1.807, 2.05) is 0 Å². The number of hydrogen-bond donors (Lipinski definition) is 4. The molecule has 16 nitrogen and oxygen atoms in total. The van der Waals surface area contributed by atoms with Gasteiger partial charge in [-0.05, 0) is 78.6 Å². The summed E-state index contributed by atoms with van der Waals surface area (Å²) in [6, 6.07) is 8.88. The van der Waals surface area contributed by atoms with Crippen molar-refractivity contribution in [2.75, 3.05) is 35.5 Å². The highest BCUT2D eigenvalue weighted by Gasteiger charge is 2.24. The molecular formula is C41H40F4N6O10S2. The molecule has 6 aromatic rings. The molecule has 0 saturated heterocycles. The molecule has 63 heavy (non-hydrogen) atoms. The molecule has 0 spiro atoms. The van der Waals surface area contributed by atoms with E-state index in [9.17, 15) is 64.0 Å². The fourth-order valence-electron chi connectivity index (χ4n) is 6.49. The van der Waals surface area contributed by atoms with Crippen LogP contribution in [0.3, 0.4) is 0 Å². The zero-order chi connectivity index (χ0) is 46.6. The van der Waals surface area contributed by atoms with Crippen LogP contribution in [0, 0.1) is 23.3 Å². The third kappa shape index (κ3) is 11.6. The lowest BCUT2D eigenvalue weighted by molar-refractivity contribution is 0.0969. The minimum absolute atomic E-state index is 0.0241. The van der Waals surface area contributed by atoms with Gasteiger partial charge in [-0.2, -0.15) is 0 Å². The number of nitrogen functional groups attached to an aromatic ring is 2. The molecule has 0 fully saturated rings. The predicted octanol–water partition coefficient (Wildman–Crippen LogP) is 4.18. The van der Waals surface area contributed by atoms with Crippen molar-refractivity contribution in [2.24, 2.45) is 0 Å². The molecular weight excluding hydrogens is 877 g/mol. The van der Waals surface area contributed by atoms with Gasteiger partial charge in [-0.1, -0.05) is 12.1 Å². The second-order valence-electron chi connectivity index (χ2n) is 14.7. The van der Waals surface area contributed by atoms with Crippen molar-refractivity contribution in [1.82, 2.24) is 19.4 Å². The SMILES string of the molecule is CS(=O)(=O)CCCc1cnc2c(c1)c(N)c(C(=O)CCc1ccc(F)cc1F)c(=O)n2O.CS(=O)(=O)CCc1cnc2c(c1)c(N)c(C(=O)CCc1ccc(F)cc1F)c(=O)n2O. The highest BCUT2D eigenvalue weighted by Crippen LogP contribution is 2.26. The van der Waals surface area contributed by atoms with Crippen LogP contribution in [0.1, 0.15) is 62.2 Å². The van der Waals surface area contributed by atoms with E-state index in [1.54, 1.807) is 0 Å². The Hall–Kier alpha value is -6.68. The third-order valence-electron chi connectivity index (χ3n) is 9.75. The van der Waals surface area contributed by atoms with Crippen LogP contribution in [0.2, 0.25) is 0 Å². The van der Waals surface area contributed by atoms with Crippen LogP contribution in [0.4, 0.5) is 28.9 Å². The van der Waals surface area contributed by atoms with Crippen molar-refractivity contribution in [3.8, 4) is 0 Å². The van der Waals surface area contributed by atoms with Crippen LogP contribution >= 0.6 is 0 Å². The topological polar surface area (TPSA) is 265 Å². The van der Waals surface area contributed by atoms with Gasteiger partial charge in [0, 0.05) is 60.7 Å². The Morgan fingerprint density at radius 2 is 1.02 bits per heavy atom. The molecule has 2 aromatic carbocycles. The third-order valence-corrected chi connectivity index (χ3v) is 11.7. The molecule has 22 heteroatoms. The van der Waals surface area contributed by atoms with E-state index in [4.69, 9.17) is 11.5 Å². The molecule has 0 unspecified atom stereocenters. The van der Waals surface area contributed by atoms with Gasteiger partial charge in [-0.25, -0.2) is 44.4 Å². The number of ketones is 2. The smallest absolute Gasteiger partial charge is 0.297 e. The summed E-state index contributed by atoms with van der Waals surface area (Å²) in [6.07, 6.45) is 4.89. The maximum atomic E-state index is 13.8. The van der Waals surface area contributed by atoms with Gasteiger partial charge in [0.15, 0.2) is 22.9 Å². The van der Waals surface area contributed by atoms with Gasteiger partial charge in [-0.15, -0.1) is 9.46 Å². The van der Waals surface area contributed by atoms with Crippen molar-refractivity contribution in [3.63, 3.8) is 0 Å². The number of nitrogens with zero attached hydrogens (tertiary/aromatic N) is 4. The minimum Gasteiger partial charge on any atom is -0.423 e. The molecule has 0 atom stereocenters. The van der Waals surface area contributed by atoms with Gasteiger partial charge >= 0.3 is 0 Å². The first-order valence-electron chi connectivity index (χ1n) is 18.8. The molecule has 4 aromatic heterocycles. The number of nitrogens with two attached hydrogens (primary N) is 2. The van der Waals surface area contributed by atoms with Crippen molar-refractivity contribution >= 4 is 64.7 Å². The maximum Gasteiger partial charge on any atom is 0.297 e. The summed E-state index contributed by atoms with van der Waals surface area (Å²) in [5.41, 5.74) is 9.55. The number of rotatable bonds is 15. The van der Waals surface area contributed by atoms with Crippen LogP contribution in [-0.2, 0) is 45.4 Å². The first-order valence-corrected chi connectivity index (χ1v) is 22.9. The Balaban J connectivity index is 0.000000238. The predicted molar refractivity (Wildman–Crippen MR) is 225 cm³/mol. The number of carbonyl (C=O) groups excluding carboxylic acids is 2. The molecule has 0 saturated carbocycles. The number of aromatic nitrogens is 4. The van der Waals surface area contributed by atoms with E-state index in [0.29, 0.717) is 36.1 Å². The Morgan fingerprint density at radius 1 is 0.619 bits per heavy atom. The summed E-state index contributed by atoms with van der Waals surface area (Å²) < 4.78 is 99.5. The molecule has 0 aliphatic heterocycles. The maximum absolute atomic E-state index is 13.8. The van der Waals surface area contributed by atoms with E-state index in [2.05, 4.69) is 9.97 Å². The summed E-state index contributed by atoms with van der Waals surface area (Å²) in [5, 5.41) is 20.6. The van der Waals surface area contributed by atoms with Gasteiger partial charge in [0.25, 0.3) is 11.1 Å². The number of anilines is 2. The molecule has 334 valence electrons. The molecule has 6 rings (SSSR count). The Kier molecular flexibility index (Phi) is 14.4. The lowest BCUT2D eigenvalue weighted by atomic mass is 10.0. The lowest BCUT2D eigenvalue weighted by Crippen LogP contribution is -2.28. The standard InChI is InChI=1S/C21H21F2N3O5S.C20H19F2N3O5S/c1-32(30,31)8-2-3-12-9-15-19(24)18(21(28)26(29)20(15)25-11-12)17(27)7-5-13-4-6-14(22)10-16(13)23;1-31(29,30)7-6-11-8-14-18(23)17(20(27)25(28)19(14)24-10-11)16(26)5-3-12-2-4-13(21)9-15(12)22/h4,6,9-11,29H,2-3,5,7-8,24H2,1H3;2,4,8-10,28H,3,5-7,23H2,1H3. The van der Waals surface area contributed by atoms with Crippen LogP contribution in [-0.4, -0.2) is 82.3 Å². The summed E-state index contributed by atoms with van der Waals surface area (Å²) >= 11 is 0. The number of Topliss-reactive ketones (excluding diaryl/α,β-unsaturated/α-hetero) is 2. The van der Waals surface area contributed by atoms with Gasteiger partial charge in [-0.3, -0.25) is 19.2 Å². The van der Waals surface area contributed by atoms with E-state index in [1.165, 1.54) is 36.7 Å². The summed E-state index contributed by atoms with van der Waals surface area (Å²) in [5.74, 6) is -4.77.